The number of nitrogens with one attached hydrogen (secondary N) is 2. The molecule has 4 nitrogen and oxygen atoms in total. The summed E-state index contributed by atoms with van der Waals surface area (Å²) in [6.07, 6.45) is 7.34. The summed E-state index contributed by atoms with van der Waals surface area (Å²) in [6, 6.07) is 13.5. The Labute approximate surface area is 160 Å². The van der Waals surface area contributed by atoms with Crippen molar-refractivity contribution in [3.63, 3.8) is 0 Å². The Morgan fingerprint density at radius 1 is 0.963 bits per heavy atom. The van der Waals surface area contributed by atoms with Gasteiger partial charge in [0.1, 0.15) is 0 Å². The molecule has 2 aliphatic rings. The van der Waals surface area contributed by atoms with Crippen LogP contribution in [0.5, 0.6) is 0 Å². The van der Waals surface area contributed by atoms with Gasteiger partial charge in [0.2, 0.25) is 10.0 Å². The van der Waals surface area contributed by atoms with E-state index in [4.69, 9.17) is 0 Å². The third-order valence-electron chi connectivity index (χ3n) is 6.05. The van der Waals surface area contributed by atoms with Crippen LogP contribution in [0.15, 0.2) is 47.4 Å². The van der Waals surface area contributed by atoms with Crippen molar-refractivity contribution in [1.82, 2.24) is 9.71 Å². The lowest BCUT2D eigenvalue weighted by molar-refractivity contribution is 0.507. The molecular formula is C22H24N2O2S. The highest BCUT2D eigenvalue weighted by Gasteiger charge is 2.26. The van der Waals surface area contributed by atoms with E-state index in [9.17, 15) is 8.42 Å². The summed E-state index contributed by atoms with van der Waals surface area (Å²) in [5.74, 6) is 0. The van der Waals surface area contributed by atoms with Crippen molar-refractivity contribution in [1.29, 1.82) is 0 Å². The van der Waals surface area contributed by atoms with Gasteiger partial charge in [-0.15, -0.1) is 0 Å². The Morgan fingerprint density at radius 2 is 1.81 bits per heavy atom. The SMILES string of the molecule is O=S(=O)(N[C@@H]1CCCc2ccccc21)c1ccc2[nH]c3c(c2c1)CCCC3. The van der Waals surface area contributed by atoms with Crippen LogP contribution in [0, 0.1) is 0 Å². The Bertz CT molecular complexity index is 1110. The fourth-order valence-electron chi connectivity index (χ4n) is 4.68. The van der Waals surface area contributed by atoms with Crippen LogP contribution >= 0.6 is 0 Å². The number of hydrogen-bond donors (Lipinski definition) is 2. The molecule has 1 heterocycles. The monoisotopic (exact) mass is 380 g/mol. The molecule has 140 valence electrons. The van der Waals surface area contributed by atoms with Gasteiger partial charge in [0.15, 0.2) is 0 Å². The van der Waals surface area contributed by atoms with E-state index < -0.39 is 10.0 Å². The second-order valence-corrected chi connectivity index (χ2v) is 9.48. The summed E-state index contributed by atoms with van der Waals surface area (Å²) < 4.78 is 29.2. The Balaban J connectivity index is 1.50. The highest BCUT2D eigenvalue weighted by Crippen LogP contribution is 2.33. The van der Waals surface area contributed by atoms with Crippen molar-refractivity contribution < 1.29 is 8.42 Å². The van der Waals surface area contributed by atoms with Gasteiger partial charge in [0.25, 0.3) is 0 Å². The van der Waals surface area contributed by atoms with E-state index in [1.165, 1.54) is 29.7 Å². The number of hydrogen-bond acceptors (Lipinski definition) is 2. The van der Waals surface area contributed by atoms with Crippen molar-refractivity contribution in [2.24, 2.45) is 0 Å². The van der Waals surface area contributed by atoms with Crippen LogP contribution in [-0.4, -0.2) is 13.4 Å². The molecule has 2 N–H and O–H groups in total. The number of fused-ring (bicyclic) bond motifs is 4. The maximum absolute atomic E-state index is 13.1. The average molecular weight is 381 g/mol. The summed E-state index contributed by atoms with van der Waals surface area (Å²) in [5.41, 5.74) is 6.00. The fraction of sp³-hybridized carbons (Fsp3) is 0.364. The summed E-state index contributed by atoms with van der Waals surface area (Å²) in [4.78, 5) is 3.84. The number of aromatic nitrogens is 1. The molecule has 0 aliphatic heterocycles. The van der Waals surface area contributed by atoms with Crippen LogP contribution in [0.1, 0.15) is 54.1 Å². The number of aromatic amines is 1. The lowest BCUT2D eigenvalue weighted by Gasteiger charge is -2.26. The smallest absolute Gasteiger partial charge is 0.241 e. The molecule has 5 rings (SSSR count). The lowest BCUT2D eigenvalue weighted by atomic mass is 9.88. The van der Waals surface area contributed by atoms with E-state index in [1.807, 2.05) is 30.3 Å². The summed E-state index contributed by atoms with van der Waals surface area (Å²) >= 11 is 0. The van der Waals surface area contributed by atoms with Crippen LogP contribution in [0.3, 0.4) is 0 Å². The summed E-state index contributed by atoms with van der Waals surface area (Å²) in [5, 5.41) is 1.07. The van der Waals surface area contributed by atoms with Crippen molar-refractivity contribution in [3.8, 4) is 0 Å². The first-order valence-electron chi connectivity index (χ1n) is 9.85. The minimum atomic E-state index is -3.56. The van der Waals surface area contributed by atoms with Crippen molar-refractivity contribution in [2.45, 2.75) is 55.9 Å². The molecule has 0 fully saturated rings. The van der Waals surface area contributed by atoms with Gasteiger partial charge in [-0.2, -0.15) is 0 Å². The molecular weight excluding hydrogens is 356 g/mol. The first-order chi connectivity index (χ1) is 13.1. The standard InChI is InChI=1S/C22H24N2O2S/c25-27(26,24-22-11-5-7-15-6-1-2-8-17(15)22)16-12-13-21-19(14-16)18-9-3-4-10-20(18)23-21/h1-2,6,8,12-14,22-24H,3-5,7,9-11H2/t22-/m1/s1. The largest absolute Gasteiger partial charge is 0.358 e. The highest BCUT2D eigenvalue weighted by molar-refractivity contribution is 7.89. The molecule has 27 heavy (non-hydrogen) atoms. The first-order valence-corrected chi connectivity index (χ1v) is 11.3. The van der Waals surface area contributed by atoms with Gasteiger partial charge in [-0.1, -0.05) is 24.3 Å². The molecule has 1 aromatic heterocycles. The molecule has 0 spiro atoms. The van der Waals surface area contributed by atoms with E-state index in [2.05, 4.69) is 15.8 Å². The van der Waals surface area contributed by atoms with Crippen LogP contribution < -0.4 is 4.72 Å². The van der Waals surface area contributed by atoms with Crippen LogP contribution in [0.4, 0.5) is 0 Å². The second-order valence-electron chi connectivity index (χ2n) is 7.76. The predicted molar refractivity (Wildman–Crippen MR) is 107 cm³/mol. The third kappa shape index (κ3) is 2.99. The van der Waals surface area contributed by atoms with E-state index in [0.29, 0.717) is 4.90 Å². The zero-order chi connectivity index (χ0) is 18.4. The van der Waals surface area contributed by atoms with Gasteiger partial charge in [0, 0.05) is 22.6 Å². The quantitative estimate of drug-likeness (QED) is 0.707. The first kappa shape index (κ1) is 17.0. The second kappa shape index (κ2) is 6.50. The van der Waals surface area contributed by atoms with Crippen LogP contribution in [0.2, 0.25) is 0 Å². The van der Waals surface area contributed by atoms with Gasteiger partial charge in [-0.05, 0) is 79.8 Å². The number of rotatable bonds is 3. The van der Waals surface area contributed by atoms with Crippen molar-refractivity contribution >= 4 is 20.9 Å². The molecule has 0 bridgehead atoms. The number of aryl methyl sites for hydroxylation is 3. The van der Waals surface area contributed by atoms with Gasteiger partial charge in [-0.3, -0.25) is 0 Å². The average Bonchev–Trinajstić information content (AvgIpc) is 3.06. The lowest BCUT2D eigenvalue weighted by Crippen LogP contribution is -2.31. The molecule has 0 amide bonds. The molecule has 2 aliphatic carbocycles. The van der Waals surface area contributed by atoms with Crippen LogP contribution in [0.25, 0.3) is 10.9 Å². The molecule has 2 aromatic carbocycles. The zero-order valence-corrected chi connectivity index (χ0v) is 16.1. The maximum Gasteiger partial charge on any atom is 0.241 e. The van der Waals surface area contributed by atoms with E-state index in [1.54, 1.807) is 6.07 Å². The minimum absolute atomic E-state index is 0.143. The van der Waals surface area contributed by atoms with Crippen molar-refractivity contribution in [2.75, 3.05) is 0 Å². The van der Waals surface area contributed by atoms with E-state index in [0.717, 1.165) is 48.6 Å². The highest BCUT2D eigenvalue weighted by atomic mass is 32.2. The maximum atomic E-state index is 13.1. The van der Waals surface area contributed by atoms with E-state index in [-0.39, 0.29) is 6.04 Å². The molecule has 5 heteroatoms. The molecule has 0 saturated heterocycles. The van der Waals surface area contributed by atoms with Gasteiger partial charge in [-0.25, -0.2) is 13.1 Å². The molecule has 1 atom stereocenters. The van der Waals surface area contributed by atoms with Gasteiger partial charge in [0.05, 0.1) is 4.90 Å². The molecule has 0 saturated carbocycles. The minimum Gasteiger partial charge on any atom is -0.358 e. The van der Waals surface area contributed by atoms with Crippen LogP contribution in [-0.2, 0) is 29.3 Å². The number of sulfonamides is 1. The molecule has 0 radical (unpaired) electrons. The van der Waals surface area contributed by atoms with E-state index >= 15 is 0 Å². The van der Waals surface area contributed by atoms with Crippen molar-refractivity contribution in [3.05, 3.63) is 64.8 Å². The Morgan fingerprint density at radius 3 is 2.74 bits per heavy atom. The Kier molecular flexibility index (Phi) is 4.10. The molecule has 3 aromatic rings. The summed E-state index contributed by atoms with van der Waals surface area (Å²) in [7, 11) is -3.56. The Hall–Kier alpha value is -2.11. The number of H-pyrrole nitrogens is 1. The third-order valence-corrected chi connectivity index (χ3v) is 7.52. The van der Waals surface area contributed by atoms with Gasteiger partial charge < -0.3 is 4.98 Å². The zero-order valence-electron chi connectivity index (χ0n) is 15.3. The number of benzene rings is 2. The fourth-order valence-corrected chi connectivity index (χ4v) is 5.96. The molecule has 0 unspecified atom stereocenters. The van der Waals surface area contributed by atoms with Gasteiger partial charge >= 0.3 is 0 Å². The summed E-state index contributed by atoms with van der Waals surface area (Å²) in [6.45, 7) is 0. The normalized spacial score (nSPS) is 19.6. The topological polar surface area (TPSA) is 62.0 Å². The predicted octanol–water partition coefficient (Wildman–Crippen LogP) is 4.40.